The van der Waals surface area contributed by atoms with Gasteiger partial charge in [0.2, 0.25) is 5.91 Å². The van der Waals surface area contributed by atoms with Crippen molar-refractivity contribution in [2.24, 2.45) is 13.0 Å². The number of ether oxygens (including phenoxy) is 1. The number of carbonyl (C=O) groups is 1. The predicted octanol–water partition coefficient (Wildman–Crippen LogP) is 1.04. The largest absolute Gasteiger partial charge is 0.497 e. The fourth-order valence-corrected chi connectivity index (χ4v) is 3.52. The van der Waals surface area contributed by atoms with Crippen molar-refractivity contribution in [3.63, 3.8) is 0 Å². The Kier molecular flexibility index (Phi) is 3.85. The number of carbonyl (C=O) groups excluding carboxylic acids is 1. The van der Waals surface area contributed by atoms with Gasteiger partial charge in [-0.15, -0.1) is 0 Å². The first-order chi connectivity index (χ1) is 10.9. The van der Waals surface area contributed by atoms with Crippen molar-refractivity contribution >= 4 is 15.9 Å². The molecule has 1 aromatic carbocycles. The van der Waals surface area contributed by atoms with E-state index in [9.17, 15) is 13.2 Å². The number of amides is 1. The Bertz CT molecular complexity index is 827. The van der Waals surface area contributed by atoms with Crippen molar-refractivity contribution in [3.8, 4) is 5.75 Å². The highest BCUT2D eigenvalue weighted by atomic mass is 32.2. The third kappa shape index (κ3) is 3.21. The quantitative estimate of drug-likeness (QED) is 0.881. The van der Waals surface area contributed by atoms with Crippen LogP contribution in [-0.4, -0.2) is 31.2 Å². The Balaban J connectivity index is 1.66. The van der Waals surface area contributed by atoms with Crippen LogP contribution >= 0.6 is 0 Å². The molecule has 0 aliphatic heterocycles. The second-order valence-corrected chi connectivity index (χ2v) is 7.22. The van der Waals surface area contributed by atoms with E-state index in [2.05, 4.69) is 9.82 Å². The summed E-state index contributed by atoms with van der Waals surface area (Å²) in [5.41, 5.74) is 1.00. The number of aromatic nitrogens is 2. The summed E-state index contributed by atoms with van der Waals surface area (Å²) in [7, 11) is -0.661. The summed E-state index contributed by atoms with van der Waals surface area (Å²) in [5.74, 6) is -0.0101. The molecule has 122 valence electrons. The molecule has 8 heteroatoms. The number of hydrogen-bond acceptors (Lipinski definition) is 5. The van der Waals surface area contributed by atoms with Crippen molar-refractivity contribution in [1.82, 2.24) is 14.5 Å². The smallest absolute Gasteiger partial charge is 0.267 e. The van der Waals surface area contributed by atoms with E-state index >= 15 is 0 Å². The van der Waals surface area contributed by atoms with Gasteiger partial charge < -0.3 is 4.74 Å². The van der Waals surface area contributed by atoms with Crippen molar-refractivity contribution in [1.29, 1.82) is 0 Å². The topological polar surface area (TPSA) is 90.3 Å². The molecule has 0 radical (unpaired) electrons. The average Bonchev–Trinajstić information content (AvgIpc) is 3.21. The van der Waals surface area contributed by atoms with E-state index in [0.717, 1.165) is 11.3 Å². The van der Waals surface area contributed by atoms with Crippen LogP contribution in [0.3, 0.4) is 0 Å². The fraction of sp³-hybridized carbons (Fsp3) is 0.333. The summed E-state index contributed by atoms with van der Waals surface area (Å²) in [6.45, 7) is 0. The maximum Gasteiger partial charge on any atom is 0.267 e. The van der Waals surface area contributed by atoms with E-state index in [4.69, 9.17) is 4.74 Å². The molecule has 3 rings (SSSR count). The van der Waals surface area contributed by atoms with Crippen LogP contribution in [0.25, 0.3) is 0 Å². The molecule has 1 amide bonds. The van der Waals surface area contributed by atoms with E-state index in [1.54, 1.807) is 14.2 Å². The molecule has 2 atom stereocenters. The van der Waals surface area contributed by atoms with Gasteiger partial charge in [-0.25, -0.2) is 13.1 Å². The average molecular weight is 335 g/mol. The Hall–Kier alpha value is -2.35. The van der Waals surface area contributed by atoms with Crippen LogP contribution < -0.4 is 9.46 Å². The number of nitrogens with one attached hydrogen (secondary N) is 1. The van der Waals surface area contributed by atoms with Crippen LogP contribution in [0.15, 0.2) is 41.6 Å². The fourth-order valence-electron chi connectivity index (χ4n) is 2.51. The van der Waals surface area contributed by atoms with E-state index in [1.165, 1.54) is 17.1 Å². The minimum atomic E-state index is -3.86. The van der Waals surface area contributed by atoms with E-state index < -0.39 is 15.9 Å². The molecular weight excluding hydrogens is 318 g/mol. The summed E-state index contributed by atoms with van der Waals surface area (Å²) >= 11 is 0. The van der Waals surface area contributed by atoms with Crippen molar-refractivity contribution < 1.29 is 17.9 Å². The Labute approximate surface area is 134 Å². The van der Waals surface area contributed by atoms with E-state index in [1.807, 2.05) is 24.3 Å². The number of hydrogen-bond donors (Lipinski definition) is 1. The lowest BCUT2D eigenvalue weighted by molar-refractivity contribution is -0.120. The summed E-state index contributed by atoms with van der Waals surface area (Å²) in [6, 6.07) is 7.45. The van der Waals surface area contributed by atoms with Gasteiger partial charge in [0.1, 0.15) is 10.6 Å². The van der Waals surface area contributed by atoms with Gasteiger partial charge in [0.25, 0.3) is 10.0 Å². The first kappa shape index (κ1) is 15.5. The van der Waals surface area contributed by atoms with Gasteiger partial charge in [-0.1, -0.05) is 12.1 Å². The molecule has 0 bridgehead atoms. The SMILES string of the molecule is COc1ccc([C@H]2C[C@H]2C(=O)NS(=O)(=O)c2cnn(C)c2)cc1. The Morgan fingerprint density at radius 2 is 2.04 bits per heavy atom. The van der Waals surface area contributed by atoms with Crippen LogP contribution in [0.5, 0.6) is 5.75 Å². The highest BCUT2D eigenvalue weighted by Crippen LogP contribution is 2.47. The second kappa shape index (κ2) is 5.69. The Morgan fingerprint density at radius 1 is 1.35 bits per heavy atom. The number of sulfonamides is 1. The molecule has 0 spiro atoms. The van der Waals surface area contributed by atoms with Crippen LogP contribution in [0.2, 0.25) is 0 Å². The molecule has 1 aromatic heterocycles. The molecule has 1 N–H and O–H groups in total. The number of rotatable bonds is 5. The number of nitrogens with zero attached hydrogens (tertiary/aromatic N) is 2. The first-order valence-electron chi connectivity index (χ1n) is 7.10. The third-order valence-corrected chi connectivity index (χ3v) is 5.20. The number of methoxy groups -OCH3 is 1. The first-order valence-corrected chi connectivity index (χ1v) is 8.58. The second-order valence-electron chi connectivity index (χ2n) is 5.54. The molecule has 0 unspecified atom stereocenters. The van der Waals surface area contributed by atoms with E-state index in [-0.39, 0.29) is 16.7 Å². The molecule has 0 saturated heterocycles. The summed E-state index contributed by atoms with van der Waals surface area (Å²) < 4.78 is 32.8. The van der Waals surface area contributed by atoms with Crippen LogP contribution in [0, 0.1) is 5.92 Å². The Morgan fingerprint density at radius 3 is 2.61 bits per heavy atom. The highest BCUT2D eigenvalue weighted by Gasteiger charge is 2.45. The van der Waals surface area contributed by atoms with Gasteiger partial charge in [0.05, 0.1) is 13.3 Å². The highest BCUT2D eigenvalue weighted by molar-refractivity contribution is 7.90. The van der Waals surface area contributed by atoms with Gasteiger partial charge in [-0.3, -0.25) is 9.48 Å². The minimum absolute atomic E-state index is 0.0185. The standard InChI is InChI=1S/C15H17N3O4S/c1-18-9-12(8-16-18)23(20,21)17-15(19)14-7-13(14)10-3-5-11(22-2)6-4-10/h3-6,8-9,13-14H,7H2,1-2H3,(H,17,19)/t13-,14-/m1/s1. The molecule has 1 fully saturated rings. The molecule has 2 aromatic rings. The van der Waals surface area contributed by atoms with Crippen LogP contribution in [-0.2, 0) is 21.9 Å². The van der Waals surface area contributed by atoms with Crippen LogP contribution in [0.4, 0.5) is 0 Å². The molecule has 7 nitrogen and oxygen atoms in total. The third-order valence-electron chi connectivity index (χ3n) is 3.90. The monoisotopic (exact) mass is 335 g/mol. The molecule has 1 aliphatic rings. The zero-order valence-electron chi connectivity index (χ0n) is 12.8. The lowest BCUT2D eigenvalue weighted by Gasteiger charge is -2.05. The normalized spacial score (nSPS) is 20.1. The van der Waals surface area contributed by atoms with Gasteiger partial charge >= 0.3 is 0 Å². The molecule has 1 saturated carbocycles. The number of aryl methyl sites for hydroxylation is 1. The number of benzene rings is 1. The summed E-state index contributed by atoms with van der Waals surface area (Å²) in [4.78, 5) is 12.1. The predicted molar refractivity (Wildman–Crippen MR) is 82.4 cm³/mol. The molecule has 1 aliphatic carbocycles. The molecule has 1 heterocycles. The lowest BCUT2D eigenvalue weighted by atomic mass is 10.1. The summed E-state index contributed by atoms with van der Waals surface area (Å²) in [6.07, 6.45) is 3.20. The zero-order chi connectivity index (χ0) is 16.6. The molecule has 23 heavy (non-hydrogen) atoms. The molecular formula is C15H17N3O4S. The maximum atomic E-state index is 12.2. The minimum Gasteiger partial charge on any atom is -0.497 e. The zero-order valence-corrected chi connectivity index (χ0v) is 13.6. The van der Waals surface area contributed by atoms with Gasteiger partial charge in [0.15, 0.2) is 0 Å². The van der Waals surface area contributed by atoms with Gasteiger partial charge in [0, 0.05) is 19.2 Å². The lowest BCUT2D eigenvalue weighted by Crippen LogP contribution is -2.31. The van der Waals surface area contributed by atoms with E-state index in [0.29, 0.717) is 6.42 Å². The van der Waals surface area contributed by atoms with Gasteiger partial charge in [-0.2, -0.15) is 5.10 Å². The maximum absolute atomic E-state index is 12.2. The van der Waals surface area contributed by atoms with Gasteiger partial charge in [-0.05, 0) is 30.0 Å². The van der Waals surface area contributed by atoms with Crippen molar-refractivity contribution in [3.05, 3.63) is 42.2 Å². The van der Waals surface area contributed by atoms with Crippen molar-refractivity contribution in [2.75, 3.05) is 7.11 Å². The summed E-state index contributed by atoms with van der Waals surface area (Å²) in [5, 5.41) is 3.80. The van der Waals surface area contributed by atoms with Crippen molar-refractivity contribution in [2.45, 2.75) is 17.2 Å². The van der Waals surface area contributed by atoms with Crippen LogP contribution in [0.1, 0.15) is 17.9 Å².